The zero-order valence-corrected chi connectivity index (χ0v) is 18.8. The van der Waals surface area contributed by atoms with Crippen LogP contribution in [0.5, 0.6) is 0 Å². The minimum absolute atomic E-state index is 0.0639. The number of hydrogen-bond donors (Lipinski definition) is 2. The van der Waals surface area contributed by atoms with Gasteiger partial charge in [0.1, 0.15) is 6.04 Å². The van der Waals surface area contributed by atoms with Crippen LogP contribution < -0.4 is 15.5 Å². The Balaban J connectivity index is 1.88. The third kappa shape index (κ3) is 4.14. The van der Waals surface area contributed by atoms with E-state index >= 15 is 0 Å². The number of nitrogens with zero attached hydrogens (tertiary/aromatic N) is 1. The largest absolute Gasteiger partial charge is 0.359 e. The van der Waals surface area contributed by atoms with Gasteiger partial charge in [-0.15, -0.1) is 11.3 Å². The number of anilines is 2. The van der Waals surface area contributed by atoms with E-state index in [4.69, 9.17) is 0 Å². The lowest BCUT2D eigenvalue weighted by Gasteiger charge is -2.36. The van der Waals surface area contributed by atoms with Crippen LogP contribution in [0, 0.1) is 5.41 Å². The van der Waals surface area contributed by atoms with Crippen molar-refractivity contribution >= 4 is 40.3 Å². The Morgan fingerprint density at radius 2 is 1.94 bits per heavy atom. The van der Waals surface area contributed by atoms with Crippen molar-refractivity contribution in [2.24, 2.45) is 5.41 Å². The van der Waals surface area contributed by atoms with E-state index in [-0.39, 0.29) is 35.9 Å². The van der Waals surface area contributed by atoms with Crippen LogP contribution in [0.15, 0.2) is 53.0 Å². The summed E-state index contributed by atoms with van der Waals surface area (Å²) in [6, 6.07) is 11.0. The fraction of sp³-hybridized carbons (Fsp3) is 0.375. The second-order valence-corrected chi connectivity index (χ2v) is 9.81. The molecule has 1 aromatic heterocycles. The summed E-state index contributed by atoms with van der Waals surface area (Å²) in [6.45, 7) is 4.19. The SMILES string of the molecule is CNC(=O)CCC(=O)N1c2ccccc2NC2=C(C(=O)CC(C)(C)C2)C1c1cccs1. The molecule has 31 heavy (non-hydrogen) atoms. The van der Waals surface area contributed by atoms with Crippen LogP contribution in [-0.2, 0) is 14.4 Å². The number of carbonyl (C=O) groups excluding carboxylic acids is 3. The zero-order chi connectivity index (χ0) is 22.2. The Morgan fingerprint density at radius 1 is 1.16 bits per heavy atom. The molecule has 1 aromatic carbocycles. The number of rotatable bonds is 4. The second kappa shape index (κ2) is 8.30. The first-order valence-corrected chi connectivity index (χ1v) is 11.4. The number of fused-ring (bicyclic) bond motifs is 1. The van der Waals surface area contributed by atoms with Gasteiger partial charge in [-0.3, -0.25) is 19.3 Å². The number of benzene rings is 1. The van der Waals surface area contributed by atoms with Gasteiger partial charge >= 0.3 is 0 Å². The summed E-state index contributed by atoms with van der Waals surface area (Å²) >= 11 is 1.53. The average Bonchev–Trinajstić information content (AvgIpc) is 3.20. The molecule has 162 valence electrons. The van der Waals surface area contributed by atoms with Gasteiger partial charge in [0.15, 0.2) is 5.78 Å². The topological polar surface area (TPSA) is 78.5 Å². The molecule has 0 radical (unpaired) electrons. The van der Waals surface area contributed by atoms with Crippen LogP contribution in [0.2, 0.25) is 0 Å². The summed E-state index contributed by atoms with van der Waals surface area (Å²) in [5, 5.41) is 8.02. The molecule has 0 spiro atoms. The minimum Gasteiger partial charge on any atom is -0.359 e. The molecule has 0 bridgehead atoms. The van der Waals surface area contributed by atoms with Gasteiger partial charge in [-0.2, -0.15) is 0 Å². The highest BCUT2D eigenvalue weighted by atomic mass is 32.1. The highest BCUT2D eigenvalue weighted by Gasteiger charge is 2.43. The normalized spacial score (nSPS) is 19.8. The third-order valence-corrected chi connectivity index (χ3v) is 6.75. The molecule has 2 N–H and O–H groups in total. The Kier molecular flexibility index (Phi) is 5.71. The summed E-state index contributed by atoms with van der Waals surface area (Å²) in [4.78, 5) is 41.4. The molecule has 7 heteroatoms. The number of allylic oxidation sites excluding steroid dienone is 1. The molecule has 0 fully saturated rings. The molecule has 6 nitrogen and oxygen atoms in total. The van der Waals surface area contributed by atoms with Crippen LogP contribution in [0.3, 0.4) is 0 Å². The number of para-hydroxylation sites is 2. The van der Waals surface area contributed by atoms with E-state index in [1.165, 1.54) is 11.3 Å². The van der Waals surface area contributed by atoms with E-state index in [0.717, 1.165) is 28.4 Å². The number of nitrogens with one attached hydrogen (secondary N) is 2. The first-order valence-electron chi connectivity index (χ1n) is 10.5. The average molecular weight is 438 g/mol. The van der Waals surface area contributed by atoms with Crippen LogP contribution in [0.25, 0.3) is 0 Å². The lowest BCUT2D eigenvalue weighted by atomic mass is 9.74. The van der Waals surface area contributed by atoms with Gasteiger partial charge in [-0.25, -0.2) is 0 Å². The van der Waals surface area contributed by atoms with Crippen LogP contribution in [0.1, 0.15) is 50.4 Å². The smallest absolute Gasteiger partial charge is 0.228 e. The molecule has 2 amide bonds. The van der Waals surface area contributed by atoms with Gasteiger partial charge in [0.25, 0.3) is 0 Å². The van der Waals surface area contributed by atoms with Crippen LogP contribution in [0.4, 0.5) is 11.4 Å². The predicted molar refractivity (Wildman–Crippen MR) is 123 cm³/mol. The fourth-order valence-corrected chi connectivity index (χ4v) is 5.27. The number of hydrogen-bond acceptors (Lipinski definition) is 5. The molecular formula is C24H27N3O3S. The first-order chi connectivity index (χ1) is 14.8. The first kappa shape index (κ1) is 21.3. The summed E-state index contributed by atoms with van der Waals surface area (Å²) in [5.41, 5.74) is 2.91. The number of thiophene rings is 1. The van der Waals surface area contributed by atoms with Gasteiger partial charge < -0.3 is 10.6 Å². The molecule has 0 saturated carbocycles. The quantitative estimate of drug-likeness (QED) is 0.742. The van der Waals surface area contributed by atoms with E-state index in [9.17, 15) is 14.4 Å². The van der Waals surface area contributed by atoms with Crippen molar-refractivity contribution in [2.75, 3.05) is 17.3 Å². The van der Waals surface area contributed by atoms with E-state index in [1.54, 1.807) is 11.9 Å². The molecule has 1 aliphatic carbocycles. The van der Waals surface area contributed by atoms with Crippen molar-refractivity contribution in [1.82, 2.24) is 5.32 Å². The summed E-state index contributed by atoms with van der Waals surface area (Å²) in [5.74, 6) is -0.297. The van der Waals surface area contributed by atoms with E-state index in [2.05, 4.69) is 24.5 Å². The van der Waals surface area contributed by atoms with Gasteiger partial charge in [-0.1, -0.05) is 32.0 Å². The summed E-state index contributed by atoms with van der Waals surface area (Å²) in [6.07, 6.45) is 1.33. The minimum atomic E-state index is -0.507. The Hall–Kier alpha value is -2.93. The van der Waals surface area contributed by atoms with E-state index in [0.29, 0.717) is 12.0 Å². The van der Waals surface area contributed by atoms with Crippen molar-refractivity contribution in [1.29, 1.82) is 0 Å². The molecular weight excluding hydrogens is 410 g/mol. The molecule has 1 unspecified atom stereocenters. The molecule has 2 aromatic rings. The number of ketones is 1. The fourth-order valence-electron chi connectivity index (χ4n) is 4.44. The van der Waals surface area contributed by atoms with Crippen molar-refractivity contribution in [3.8, 4) is 0 Å². The maximum Gasteiger partial charge on any atom is 0.228 e. The van der Waals surface area contributed by atoms with Crippen LogP contribution in [-0.4, -0.2) is 24.6 Å². The molecule has 1 atom stereocenters. The molecule has 0 saturated heterocycles. The molecule has 2 heterocycles. The van der Waals surface area contributed by atoms with Gasteiger partial charge in [-0.05, 0) is 35.4 Å². The predicted octanol–water partition coefficient (Wildman–Crippen LogP) is 4.42. The van der Waals surface area contributed by atoms with Crippen molar-refractivity contribution in [2.45, 2.75) is 45.6 Å². The second-order valence-electron chi connectivity index (χ2n) is 8.83. The van der Waals surface area contributed by atoms with Crippen molar-refractivity contribution in [3.05, 3.63) is 57.9 Å². The highest BCUT2D eigenvalue weighted by Crippen LogP contribution is 2.49. The van der Waals surface area contributed by atoms with Crippen LogP contribution >= 0.6 is 11.3 Å². The van der Waals surface area contributed by atoms with Gasteiger partial charge in [0.05, 0.1) is 11.4 Å². The van der Waals surface area contributed by atoms with Gasteiger partial charge in [0.2, 0.25) is 11.8 Å². The summed E-state index contributed by atoms with van der Waals surface area (Å²) in [7, 11) is 1.56. The molecule has 1 aliphatic heterocycles. The lowest BCUT2D eigenvalue weighted by molar-refractivity contribution is -0.125. The highest BCUT2D eigenvalue weighted by molar-refractivity contribution is 7.10. The Bertz CT molecular complexity index is 1060. The lowest BCUT2D eigenvalue weighted by Crippen LogP contribution is -2.39. The molecule has 2 aliphatic rings. The Labute approximate surface area is 186 Å². The standard InChI is InChI=1S/C24H27N3O3S/c1-24(2)13-16-22(18(28)14-24)23(19-9-6-12-31-19)27(21(30)11-10-20(29)25-3)17-8-5-4-7-15(17)26-16/h4-9,12,23,26H,10-11,13-14H2,1-3H3,(H,25,29). The third-order valence-electron chi connectivity index (χ3n) is 5.83. The zero-order valence-electron chi connectivity index (χ0n) is 18.0. The van der Waals surface area contributed by atoms with Gasteiger partial charge in [0, 0.05) is 42.5 Å². The van der Waals surface area contributed by atoms with E-state index in [1.807, 2.05) is 41.8 Å². The maximum absolute atomic E-state index is 13.5. The van der Waals surface area contributed by atoms with Crippen molar-refractivity contribution < 1.29 is 14.4 Å². The number of carbonyl (C=O) groups is 3. The number of amides is 2. The Morgan fingerprint density at radius 3 is 2.65 bits per heavy atom. The van der Waals surface area contributed by atoms with Crippen molar-refractivity contribution in [3.63, 3.8) is 0 Å². The maximum atomic E-state index is 13.5. The molecule has 4 rings (SSSR count). The number of Topliss-reactive ketones (excluding diaryl/α,β-unsaturated/α-hetero) is 1. The monoisotopic (exact) mass is 437 g/mol. The van der Waals surface area contributed by atoms with E-state index < -0.39 is 6.04 Å². The summed E-state index contributed by atoms with van der Waals surface area (Å²) < 4.78 is 0.